The predicted molar refractivity (Wildman–Crippen MR) is 155 cm³/mol. The molecule has 0 radical (unpaired) electrons. The third-order valence-electron chi connectivity index (χ3n) is 8.68. The summed E-state index contributed by atoms with van der Waals surface area (Å²) in [6.45, 7) is -0.513. The van der Waals surface area contributed by atoms with Gasteiger partial charge in [-0.1, -0.05) is 72.3 Å². The summed E-state index contributed by atoms with van der Waals surface area (Å²) >= 11 is 6.06. The highest BCUT2D eigenvalue weighted by Gasteiger charge is 2.63. The van der Waals surface area contributed by atoms with Crippen molar-refractivity contribution in [2.75, 3.05) is 13.7 Å². The second-order valence-corrected chi connectivity index (χ2v) is 11.2. The number of carbonyl (C=O) groups excluding carboxylic acids is 4. The second-order valence-electron chi connectivity index (χ2n) is 10.8. The topological polar surface area (TPSA) is 84.0 Å². The Bertz CT molecular complexity index is 1670. The van der Waals surface area contributed by atoms with Crippen LogP contribution in [0.4, 0.5) is 0 Å². The summed E-state index contributed by atoms with van der Waals surface area (Å²) in [6, 6.07) is 28.5. The van der Waals surface area contributed by atoms with Gasteiger partial charge in [-0.3, -0.25) is 19.2 Å². The number of ether oxygens (including phenoxy) is 1. The fourth-order valence-electron chi connectivity index (χ4n) is 6.90. The number of carbonyl (C=O) groups is 4. The molecule has 3 amide bonds. The van der Waals surface area contributed by atoms with E-state index in [4.69, 9.17) is 16.3 Å². The van der Waals surface area contributed by atoms with E-state index in [2.05, 4.69) is 0 Å². The average Bonchev–Trinajstić information content (AvgIpc) is 3.29. The Morgan fingerprint density at radius 1 is 0.738 bits per heavy atom. The van der Waals surface area contributed by atoms with E-state index in [0.29, 0.717) is 16.3 Å². The summed E-state index contributed by atoms with van der Waals surface area (Å²) in [5.74, 6) is -3.64. The van der Waals surface area contributed by atoms with Crippen molar-refractivity contribution in [3.63, 3.8) is 0 Å². The van der Waals surface area contributed by atoms with E-state index in [-0.39, 0.29) is 17.4 Å². The van der Waals surface area contributed by atoms with Gasteiger partial charge < -0.3 is 4.74 Å². The zero-order valence-corrected chi connectivity index (χ0v) is 23.3. The molecule has 0 aromatic heterocycles. The first kappa shape index (κ1) is 26.2. The molecule has 0 unspecified atom stereocenters. The van der Waals surface area contributed by atoms with Crippen LogP contribution in [-0.4, -0.2) is 47.2 Å². The van der Waals surface area contributed by atoms with Gasteiger partial charge in [0.15, 0.2) is 5.78 Å². The third kappa shape index (κ3) is 3.88. The molecule has 8 rings (SSSR count). The first-order valence-corrected chi connectivity index (χ1v) is 14.1. The molecule has 8 heteroatoms. The summed E-state index contributed by atoms with van der Waals surface area (Å²) in [4.78, 5) is 56.3. The molecule has 3 aliphatic carbocycles. The SMILES string of the molecule is COc1cccc(C(=O)CN(C(=O)c2ccc(Cl)cc2)N2C(=O)[C@@H]3C4c5ccccc5C(c5ccccc54)[C@@H]3C2=O)c1. The molecule has 42 heavy (non-hydrogen) atoms. The van der Waals surface area contributed by atoms with Gasteiger partial charge in [0.2, 0.25) is 0 Å². The number of imide groups is 1. The van der Waals surface area contributed by atoms with E-state index in [9.17, 15) is 19.2 Å². The molecule has 0 saturated carbocycles. The maximum absolute atomic E-state index is 14.4. The number of amides is 3. The maximum Gasteiger partial charge on any atom is 0.273 e. The van der Waals surface area contributed by atoms with Crippen molar-refractivity contribution in [3.8, 4) is 5.75 Å². The Labute approximate surface area is 247 Å². The first-order valence-electron chi connectivity index (χ1n) is 13.7. The Morgan fingerprint density at radius 3 is 1.76 bits per heavy atom. The first-order chi connectivity index (χ1) is 20.4. The zero-order valence-electron chi connectivity index (χ0n) is 22.6. The van der Waals surface area contributed by atoms with Crippen LogP contribution in [0.5, 0.6) is 5.75 Å². The molecule has 1 aliphatic heterocycles. The van der Waals surface area contributed by atoms with Crippen LogP contribution in [0.25, 0.3) is 0 Å². The number of nitrogens with zero attached hydrogens (tertiary/aromatic N) is 2. The van der Waals surface area contributed by atoms with Crippen LogP contribution in [0.1, 0.15) is 54.8 Å². The van der Waals surface area contributed by atoms with Crippen molar-refractivity contribution in [3.05, 3.63) is 135 Å². The molecule has 0 N–H and O–H groups in total. The molecule has 7 nitrogen and oxygen atoms in total. The molecule has 208 valence electrons. The average molecular weight is 577 g/mol. The summed E-state index contributed by atoms with van der Waals surface area (Å²) in [5.41, 5.74) is 4.58. The quantitative estimate of drug-likeness (QED) is 0.224. The Hall–Kier alpha value is -4.75. The van der Waals surface area contributed by atoms with Gasteiger partial charge in [-0.25, -0.2) is 5.01 Å². The second kappa shape index (κ2) is 9.96. The Kier molecular flexibility index (Phi) is 6.21. The van der Waals surface area contributed by atoms with Crippen LogP contribution >= 0.6 is 11.6 Å². The minimum atomic E-state index is -0.695. The molecule has 1 saturated heterocycles. The Morgan fingerprint density at radius 2 is 1.26 bits per heavy atom. The van der Waals surface area contributed by atoms with Gasteiger partial charge in [-0.05, 0) is 58.7 Å². The van der Waals surface area contributed by atoms with Crippen molar-refractivity contribution in [2.24, 2.45) is 11.8 Å². The molecule has 4 aromatic carbocycles. The van der Waals surface area contributed by atoms with Crippen LogP contribution in [0, 0.1) is 11.8 Å². The smallest absolute Gasteiger partial charge is 0.273 e. The van der Waals surface area contributed by atoms with E-state index in [1.807, 2.05) is 48.5 Å². The number of ketones is 1. The summed E-state index contributed by atoms with van der Waals surface area (Å²) in [5, 5.41) is 2.36. The highest BCUT2D eigenvalue weighted by atomic mass is 35.5. The summed E-state index contributed by atoms with van der Waals surface area (Å²) < 4.78 is 5.26. The van der Waals surface area contributed by atoms with E-state index < -0.39 is 41.9 Å². The van der Waals surface area contributed by atoms with Gasteiger partial charge in [0.1, 0.15) is 12.3 Å². The van der Waals surface area contributed by atoms with E-state index in [0.717, 1.165) is 32.3 Å². The van der Waals surface area contributed by atoms with Crippen LogP contribution in [0.2, 0.25) is 5.02 Å². The lowest BCUT2D eigenvalue weighted by Gasteiger charge is -2.45. The number of methoxy groups -OCH3 is 1. The molecule has 2 atom stereocenters. The fraction of sp³-hybridized carbons (Fsp3) is 0.176. The van der Waals surface area contributed by atoms with Crippen molar-refractivity contribution in [1.29, 1.82) is 0 Å². The number of benzene rings is 4. The molecule has 2 bridgehead atoms. The van der Waals surface area contributed by atoms with E-state index in [1.54, 1.807) is 36.4 Å². The van der Waals surface area contributed by atoms with Crippen molar-refractivity contribution in [1.82, 2.24) is 10.0 Å². The molecule has 0 spiro atoms. The maximum atomic E-state index is 14.4. The van der Waals surface area contributed by atoms with Crippen molar-refractivity contribution < 1.29 is 23.9 Å². The van der Waals surface area contributed by atoms with Gasteiger partial charge in [0.05, 0.1) is 18.9 Å². The number of hydrogen-bond donors (Lipinski definition) is 0. The van der Waals surface area contributed by atoms with E-state index >= 15 is 0 Å². The number of hydrazine groups is 1. The molecule has 1 fully saturated rings. The standard InChI is InChI=1S/C34H25ClN2O5/c1-42-22-8-6-7-20(17-22)27(38)18-36(32(39)19-13-15-21(35)16-14-19)37-33(40)30-28-23-9-2-3-10-24(23)29(31(30)34(37)41)26-12-5-4-11-25(26)28/h2-17,28-31H,18H2,1H3/t28?,29?,30-,31+. The van der Waals surface area contributed by atoms with Crippen LogP contribution in [-0.2, 0) is 9.59 Å². The van der Waals surface area contributed by atoms with Crippen molar-refractivity contribution in [2.45, 2.75) is 11.8 Å². The largest absolute Gasteiger partial charge is 0.497 e. The monoisotopic (exact) mass is 576 g/mol. The van der Waals surface area contributed by atoms with Crippen molar-refractivity contribution >= 4 is 35.1 Å². The normalized spacial score (nSPS) is 21.4. The molecular formula is C34H25ClN2O5. The molecule has 4 aromatic rings. The minimum Gasteiger partial charge on any atom is -0.497 e. The number of Topliss-reactive ketones (excluding diaryl/α,β-unsaturated/α-hetero) is 1. The van der Waals surface area contributed by atoms with Crippen LogP contribution in [0.15, 0.2) is 97.1 Å². The highest BCUT2D eigenvalue weighted by molar-refractivity contribution is 6.30. The van der Waals surface area contributed by atoms with Gasteiger partial charge in [0, 0.05) is 28.0 Å². The fourth-order valence-corrected chi connectivity index (χ4v) is 7.02. The van der Waals surface area contributed by atoms with Crippen LogP contribution < -0.4 is 4.74 Å². The third-order valence-corrected chi connectivity index (χ3v) is 8.93. The zero-order chi connectivity index (χ0) is 29.1. The molecule has 1 heterocycles. The van der Waals surface area contributed by atoms with Gasteiger partial charge in [-0.15, -0.1) is 0 Å². The molecule has 4 aliphatic rings. The lowest BCUT2D eigenvalue weighted by atomic mass is 9.55. The number of hydrogen-bond acceptors (Lipinski definition) is 5. The molecular weight excluding hydrogens is 552 g/mol. The Balaban J connectivity index is 1.32. The van der Waals surface area contributed by atoms with Crippen LogP contribution in [0.3, 0.4) is 0 Å². The number of halogens is 1. The predicted octanol–water partition coefficient (Wildman–Crippen LogP) is 5.48. The number of rotatable bonds is 6. The van der Waals surface area contributed by atoms with Gasteiger partial charge in [-0.2, -0.15) is 5.01 Å². The van der Waals surface area contributed by atoms with Gasteiger partial charge in [0.25, 0.3) is 17.7 Å². The lowest BCUT2D eigenvalue weighted by molar-refractivity contribution is -0.154. The van der Waals surface area contributed by atoms with E-state index in [1.165, 1.54) is 19.2 Å². The lowest BCUT2D eigenvalue weighted by Crippen LogP contribution is -2.52. The summed E-state index contributed by atoms with van der Waals surface area (Å²) in [6.07, 6.45) is 0. The minimum absolute atomic E-state index is 0.197. The van der Waals surface area contributed by atoms with Gasteiger partial charge >= 0.3 is 0 Å². The summed E-state index contributed by atoms with van der Waals surface area (Å²) in [7, 11) is 1.49. The highest BCUT2D eigenvalue weighted by Crippen LogP contribution is 2.61.